The van der Waals surface area contributed by atoms with E-state index in [1.165, 1.54) is 18.7 Å². The summed E-state index contributed by atoms with van der Waals surface area (Å²) in [7, 11) is 0. The minimum Gasteiger partial charge on any atom is -0.480 e. The highest BCUT2D eigenvalue weighted by Crippen LogP contribution is 2.69. The van der Waals surface area contributed by atoms with Crippen LogP contribution in [0, 0.1) is 11.2 Å². The number of anilines is 2. The van der Waals surface area contributed by atoms with Crippen LogP contribution in [0.25, 0.3) is 0 Å². The van der Waals surface area contributed by atoms with E-state index in [1.807, 2.05) is 4.90 Å². The quantitative estimate of drug-likeness (QED) is 0.717. The third kappa shape index (κ3) is 1.88. The molecule has 5 aliphatic rings. The van der Waals surface area contributed by atoms with Crippen LogP contribution < -0.4 is 19.9 Å². The summed E-state index contributed by atoms with van der Waals surface area (Å²) in [5.74, 6) is -1.71. The van der Waals surface area contributed by atoms with Crippen LogP contribution in [0.2, 0.25) is 0 Å². The van der Waals surface area contributed by atoms with Gasteiger partial charge in [0.15, 0.2) is 22.8 Å². The fraction of sp³-hybridized carbons (Fsp3) is 0.421. The lowest BCUT2D eigenvalue weighted by molar-refractivity contribution is -0.145. The molecule has 1 aromatic carbocycles. The van der Waals surface area contributed by atoms with E-state index in [0.29, 0.717) is 31.1 Å². The van der Waals surface area contributed by atoms with Crippen molar-refractivity contribution in [3.8, 4) is 5.75 Å². The predicted molar refractivity (Wildman–Crippen MR) is 101 cm³/mol. The van der Waals surface area contributed by atoms with Crippen molar-refractivity contribution in [1.29, 1.82) is 0 Å². The van der Waals surface area contributed by atoms with Crippen molar-refractivity contribution in [3.05, 3.63) is 28.2 Å². The Morgan fingerprint density at radius 1 is 1.41 bits per heavy atom. The predicted octanol–water partition coefficient (Wildman–Crippen LogP) is 1.65. The maximum absolute atomic E-state index is 15.2. The highest BCUT2D eigenvalue weighted by molar-refractivity contribution is 8.04. The number of halogens is 1. The molecule has 10 heteroatoms. The van der Waals surface area contributed by atoms with Crippen LogP contribution in [-0.2, 0) is 9.59 Å². The lowest BCUT2D eigenvalue weighted by Gasteiger charge is -2.40. The van der Waals surface area contributed by atoms with E-state index in [2.05, 4.69) is 5.32 Å². The van der Waals surface area contributed by atoms with Gasteiger partial charge in [0.2, 0.25) is 11.8 Å². The Kier molecular flexibility index (Phi) is 3.09. The maximum atomic E-state index is 15.2. The summed E-state index contributed by atoms with van der Waals surface area (Å²) in [6.45, 7) is 2.41. The van der Waals surface area contributed by atoms with Gasteiger partial charge in [-0.2, -0.15) is 0 Å². The normalized spacial score (nSPS) is 30.3. The van der Waals surface area contributed by atoms with Crippen molar-refractivity contribution >= 4 is 40.8 Å². The number of carbonyl (C=O) groups is 3. The van der Waals surface area contributed by atoms with Gasteiger partial charge in [0, 0.05) is 42.9 Å². The molecular formula is C19H16FN3O5S. The van der Waals surface area contributed by atoms with Crippen molar-refractivity contribution in [2.24, 2.45) is 5.41 Å². The Balaban J connectivity index is 1.50. The van der Waals surface area contributed by atoms with Gasteiger partial charge in [-0.3, -0.25) is 19.3 Å². The highest BCUT2D eigenvalue weighted by atomic mass is 32.2. The van der Waals surface area contributed by atoms with Crippen molar-refractivity contribution in [2.45, 2.75) is 31.2 Å². The number of hydrogen-bond acceptors (Lipinski definition) is 7. The van der Waals surface area contributed by atoms with Crippen LogP contribution in [-0.4, -0.2) is 47.3 Å². The monoisotopic (exact) mass is 417 g/mol. The van der Waals surface area contributed by atoms with Crippen LogP contribution in [0.3, 0.4) is 0 Å². The van der Waals surface area contributed by atoms with Crippen molar-refractivity contribution < 1.29 is 28.6 Å². The number of thioether (sulfide) groups is 1. The Morgan fingerprint density at radius 3 is 2.93 bits per heavy atom. The number of ketones is 1. The Labute approximate surface area is 168 Å². The summed E-state index contributed by atoms with van der Waals surface area (Å²) in [6, 6.07) is 1.06. The fourth-order valence-corrected chi connectivity index (χ4v) is 6.79. The van der Waals surface area contributed by atoms with Gasteiger partial charge >= 0.3 is 5.97 Å². The van der Waals surface area contributed by atoms with E-state index >= 15 is 4.39 Å². The third-order valence-electron chi connectivity index (χ3n) is 6.37. The van der Waals surface area contributed by atoms with Crippen LogP contribution >= 0.6 is 11.8 Å². The molecule has 5 heterocycles. The summed E-state index contributed by atoms with van der Waals surface area (Å²) in [6.07, 6.45) is 0.748. The number of carbonyl (C=O) groups excluding carboxylic acids is 2. The summed E-state index contributed by atoms with van der Waals surface area (Å²) < 4.78 is 21.3. The smallest absolute Gasteiger partial charge is 0.321 e. The zero-order valence-corrected chi connectivity index (χ0v) is 16.1. The molecule has 2 bridgehead atoms. The van der Waals surface area contributed by atoms with Crippen LogP contribution in [0.1, 0.15) is 30.1 Å². The first kappa shape index (κ1) is 17.1. The Hall–Kier alpha value is -2.75. The molecule has 2 fully saturated rings. The SMILES string of the molecule is CC(=O)NC1CCN(c2c(F)cc3c4c2OC2=C5CC(C(=O)O)(C3=O)C(S5)N24)C1. The molecule has 5 aliphatic heterocycles. The number of Topliss-reactive ketones (excluding diaryl/α,β-unsaturated/α-hetero) is 1. The molecule has 3 atom stereocenters. The number of rotatable bonds is 3. The van der Waals surface area contributed by atoms with Gasteiger partial charge in [-0.1, -0.05) is 11.8 Å². The summed E-state index contributed by atoms with van der Waals surface area (Å²) in [4.78, 5) is 41.0. The molecule has 1 aromatic rings. The molecule has 150 valence electrons. The first-order valence-electron chi connectivity index (χ1n) is 9.36. The minimum atomic E-state index is -1.60. The average molecular weight is 417 g/mol. The molecule has 3 unspecified atom stereocenters. The van der Waals surface area contributed by atoms with E-state index < -0.39 is 28.4 Å². The van der Waals surface area contributed by atoms with Gasteiger partial charge in [0.25, 0.3) is 0 Å². The van der Waals surface area contributed by atoms with Gasteiger partial charge in [-0.05, 0) is 12.5 Å². The molecule has 1 amide bonds. The first-order chi connectivity index (χ1) is 13.8. The van der Waals surface area contributed by atoms with Gasteiger partial charge in [-0.15, -0.1) is 0 Å². The van der Waals surface area contributed by atoms with Gasteiger partial charge in [0.1, 0.15) is 16.7 Å². The van der Waals surface area contributed by atoms with Crippen molar-refractivity contribution in [1.82, 2.24) is 5.32 Å². The molecule has 2 N–H and O–H groups in total. The van der Waals surface area contributed by atoms with E-state index in [9.17, 15) is 19.5 Å². The third-order valence-corrected chi connectivity index (χ3v) is 7.81. The number of fused-ring (bicyclic) bond motifs is 1. The number of nitrogens with one attached hydrogen (secondary N) is 1. The van der Waals surface area contributed by atoms with Crippen LogP contribution in [0.4, 0.5) is 15.8 Å². The zero-order valence-electron chi connectivity index (χ0n) is 15.3. The summed E-state index contributed by atoms with van der Waals surface area (Å²) in [5.41, 5.74) is -0.804. The molecular weight excluding hydrogens is 401 g/mol. The molecule has 0 saturated carbocycles. The summed E-state index contributed by atoms with van der Waals surface area (Å²) in [5, 5.41) is 12.1. The number of ether oxygens (including phenoxy) is 1. The van der Waals surface area contributed by atoms with Crippen molar-refractivity contribution in [2.75, 3.05) is 22.9 Å². The molecule has 6 rings (SSSR count). The zero-order chi connectivity index (χ0) is 20.2. The second kappa shape index (κ2) is 5.24. The Bertz CT molecular complexity index is 1090. The molecule has 29 heavy (non-hydrogen) atoms. The van der Waals surface area contributed by atoms with E-state index in [-0.39, 0.29) is 35.4 Å². The van der Waals surface area contributed by atoms with Gasteiger partial charge in [0.05, 0.1) is 0 Å². The molecule has 0 aliphatic carbocycles. The molecule has 0 spiro atoms. The van der Waals surface area contributed by atoms with Gasteiger partial charge in [-0.25, -0.2) is 4.39 Å². The highest BCUT2D eigenvalue weighted by Gasteiger charge is 2.70. The second-order valence-corrected chi connectivity index (χ2v) is 9.19. The minimum absolute atomic E-state index is 0.0639. The number of carboxylic acid groups (broad SMARTS) is 1. The maximum Gasteiger partial charge on any atom is 0.321 e. The topological polar surface area (TPSA) is 99.2 Å². The molecule has 0 radical (unpaired) electrons. The number of benzene rings is 1. The molecule has 2 saturated heterocycles. The van der Waals surface area contributed by atoms with Crippen LogP contribution in [0.15, 0.2) is 16.9 Å². The standard InChI is InChI=1S/C19H16FN3O5S/c1-7(24)21-8-2-3-22(6-8)13-10(20)4-9-12-14(13)28-16-11-5-19(15(9)25,18(26)27)17(29-11)23(12)16/h4,8,17H,2-3,5-6H2,1H3,(H,21,24)(H,26,27). The number of carboxylic acids is 1. The van der Waals surface area contributed by atoms with Crippen molar-refractivity contribution in [3.63, 3.8) is 0 Å². The average Bonchev–Trinajstić information content (AvgIpc) is 3.39. The van der Waals surface area contributed by atoms with Gasteiger partial charge < -0.3 is 20.1 Å². The largest absolute Gasteiger partial charge is 0.480 e. The lowest BCUT2D eigenvalue weighted by atomic mass is 9.72. The first-order valence-corrected chi connectivity index (χ1v) is 10.2. The van der Waals surface area contributed by atoms with E-state index in [0.717, 1.165) is 11.0 Å². The molecule has 0 aromatic heterocycles. The second-order valence-electron chi connectivity index (χ2n) is 8.02. The van der Waals surface area contributed by atoms with Crippen LogP contribution in [0.5, 0.6) is 5.75 Å². The Morgan fingerprint density at radius 2 is 2.21 bits per heavy atom. The number of hydrogen-bond donors (Lipinski definition) is 2. The number of amides is 1. The molecule has 8 nitrogen and oxygen atoms in total. The lowest BCUT2D eigenvalue weighted by Crippen LogP contribution is -2.56. The number of allylic oxidation sites excluding steroid dienone is 1. The number of nitrogens with zero attached hydrogens (tertiary/aromatic N) is 2. The summed E-state index contributed by atoms with van der Waals surface area (Å²) >= 11 is 1.34. The van der Waals surface area contributed by atoms with E-state index in [1.54, 1.807) is 4.90 Å². The fourth-order valence-electron chi connectivity index (χ4n) is 5.17. The van der Waals surface area contributed by atoms with E-state index in [4.69, 9.17) is 4.74 Å². The number of aliphatic carboxylic acids is 1.